The maximum atomic E-state index is 13.9. The number of phenols is 1. The van der Waals surface area contributed by atoms with Crippen LogP contribution in [0.2, 0.25) is 0 Å². The maximum Gasteiger partial charge on any atom is 0.416 e. The minimum Gasteiger partial charge on any atom is -0.508 e. The van der Waals surface area contributed by atoms with E-state index in [4.69, 9.17) is 9.40 Å². The average molecular weight is 939 g/mol. The fraction of sp³-hybridized carbons (Fsp3) is 0.231. The van der Waals surface area contributed by atoms with Crippen molar-refractivity contribution in [3.8, 4) is 39.5 Å². The number of urea groups is 1. The minimum atomic E-state index is -4.51. The van der Waals surface area contributed by atoms with E-state index in [1.807, 2.05) is 6.07 Å². The smallest absolute Gasteiger partial charge is 0.416 e. The number of halogens is 3. The number of aromatic nitrogens is 1. The van der Waals surface area contributed by atoms with E-state index in [0.717, 1.165) is 42.8 Å². The molecule has 0 unspecified atom stereocenters. The number of nitrogens with one attached hydrogen (secondary N) is 3. The summed E-state index contributed by atoms with van der Waals surface area (Å²) < 4.78 is 46.4. The third kappa shape index (κ3) is 9.93. The van der Waals surface area contributed by atoms with Gasteiger partial charge < -0.3 is 35.5 Å². The number of carbonyl (C=O) groups excluding carboxylic acids is 3. The molecule has 1 fully saturated rings. The Morgan fingerprint density at radius 1 is 0.841 bits per heavy atom. The standard InChI is InChI=1S/C52H45F3N6O8/c53-52(54,55)33-7-4-6-31(24-33)42-20-21-43-48(59-42)61(35-8-5-23-60(43)29-35)51(68)58-34-13-10-30(11-14-34)28-57-46(64)9-2-1-3-22-56-49(65)32-12-17-38(41(25-32)50(66)67)47-39-18-15-36(62)26-44(39)69-45-27-37(63)16-19-40(45)47/h4,6-7,10-21,24-27,35,62H,1-3,5,8-9,22-23,28-29H2,(H,56,65)(H,57,64)(H,58,68)(H,66,67)/t35-/m1/s1. The number of phenolic OH excluding ortho intramolecular Hbond substituents is 1. The number of hydrogen-bond donors (Lipinski definition) is 5. The lowest BCUT2D eigenvalue weighted by atomic mass is 9.90. The molecule has 4 aliphatic rings. The summed E-state index contributed by atoms with van der Waals surface area (Å²) in [6.07, 6.45) is -0.860. The fourth-order valence-corrected chi connectivity index (χ4v) is 9.00. The number of fused-ring (bicyclic) bond motifs is 6. The summed E-state index contributed by atoms with van der Waals surface area (Å²) in [5.41, 5.74) is 3.09. The van der Waals surface area contributed by atoms with Gasteiger partial charge in [-0.15, -0.1) is 0 Å². The van der Waals surface area contributed by atoms with Gasteiger partial charge in [0, 0.05) is 78.1 Å². The quantitative estimate of drug-likeness (QED) is 0.0549. The zero-order valence-corrected chi connectivity index (χ0v) is 36.9. The van der Waals surface area contributed by atoms with Crippen molar-refractivity contribution in [2.24, 2.45) is 0 Å². The van der Waals surface area contributed by atoms with E-state index in [-0.39, 0.29) is 58.6 Å². The van der Waals surface area contributed by atoms with E-state index in [2.05, 4.69) is 20.9 Å². The van der Waals surface area contributed by atoms with Gasteiger partial charge in [-0.3, -0.25) is 19.3 Å². The zero-order valence-electron chi connectivity index (χ0n) is 36.9. The van der Waals surface area contributed by atoms with Gasteiger partial charge >= 0.3 is 18.2 Å². The van der Waals surface area contributed by atoms with Crippen LogP contribution >= 0.6 is 0 Å². The van der Waals surface area contributed by atoms with Crippen LogP contribution in [-0.2, 0) is 17.5 Å². The molecule has 14 nitrogen and oxygen atoms in total. The summed E-state index contributed by atoms with van der Waals surface area (Å²) >= 11 is 0. The molecule has 1 aliphatic carbocycles. The van der Waals surface area contributed by atoms with E-state index in [1.54, 1.807) is 59.5 Å². The Morgan fingerprint density at radius 3 is 2.45 bits per heavy atom. The summed E-state index contributed by atoms with van der Waals surface area (Å²) in [5.74, 6) is -1.36. The van der Waals surface area contributed by atoms with E-state index in [0.29, 0.717) is 77.2 Å². The molecule has 1 aromatic heterocycles. The Hall–Kier alpha value is -8.21. The molecular formula is C52H45F3N6O8. The summed E-state index contributed by atoms with van der Waals surface area (Å²) in [6.45, 7) is 1.95. The van der Waals surface area contributed by atoms with Gasteiger partial charge in [0.1, 0.15) is 17.1 Å². The number of hydrogen-bond acceptors (Lipinski definition) is 9. The first kappa shape index (κ1) is 45.9. The van der Waals surface area contributed by atoms with Gasteiger partial charge in [-0.2, -0.15) is 13.2 Å². The average Bonchev–Trinajstić information content (AvgIpc) is 3.33. The molecule has 0 saturated carbocycles. The third-order valence-electron chi connectivity index (χ3n) is 12.4. The van der Waals surface area contributed by atoms with Crippen LogP contribution in [-0.4, -0.2) is 64.7 Å². The first-order valence-electron chi connectivity index (χ1n) is 22.4. The number of aromatic carboxylic acids is 1. The number of carboxylic acids is 1. The van der Waals surface area contributed by atoms with Crippen molar-refractivity contribution in [3.63, 3.8) is 0 Å². The Balaban J connectivity index is 0.749. The highest BCUT2D eigenvalue weighted by Gasteiger charge is 2.39. The second-order valence-electron chi connectivity index (χ2n) is 17.1. The van der Waals surface area contributed by atoms with Crippen molar-refractivity contribution in [3.05, 3.63) is 148 Å². The van der Waals surface area contributed by atoms with E-state index < -0.39 is 29.6 Å². The number of anilines is 3. The highest BCUT2D eigenvalue weighted by Crippen LogP contribution is 2.43. The van der Waals surface area contributed by atoms with Crippen LogP contribution < -0.4 is 31.2 Å². The molecule has 4 heterocycles. The highest BCUT2D eigenvalue weighted by atomic mass is 19.4. The molecule has 5 N–H and O–H groups in total. The molecule has 4 aromatic carbocycles. The van der Waals surface area contributed by atoms with E-state index in [1.165, 1.54) is 42.5 Å². The van der Waals surface area contributed by atoms with Crippen molar-refractivity contribution in [1.29, 1.82) is 0 Å². The normalized spacial score (nSPS) is 14.3. The molecule has 1 saturated heterocycles. The number of unbranched alkanes of at least 4 members (excludes halogenated alkanes) is 2. The number of rotatable bonds is 13. The predicted molar refractivity (Wildman–Crippen MR) is 254 cm³/mol. The van der Waals surface area contributed by atoms with Gasteiger partial charge in [-0.05, 0) is 110 Å². The van der Waals surface area contributed by atoms with Gasteiger partial charge in [0.15, 0.2) is 11.2 Å². The topological polar surface area (TPSA) is 194 Å². The van der Waals surface area contributed by atoms with E-state index in [9.17, 15) is 47.4 Å². The molecule has 352 valence electrons. The molecule has 3 aliphatic heterocycles. The van der Waals surface area contributed by atoms with Gasteiger partial charge in [-0.1, -0.05) is 36.8 Å². The lowest BCUT2D eigenvalue weighted by Gasteiger charge is -2.45. The van der Waals surface area contributed by atoms with Gasteiger partial charge in [0.05, 0.1) is 28.6 Å². The van der Waals surface area contributed by atoms with Crippen LogP contribution in [0.4, 0.5) is 35.2 Å². The van der Waals surface area contributed by atoms with Gasteiger partial charge in [-0.25, -0.2) is 14.6 Å². The second-order valence-corrected chi connectivity index (χ2v) is 17.1. The monoisotopic (exact) mass is 938 g/mol. The molecule has 17 heteroatoms. The summed E-state index contributed by atoms with van der Waals surface area (Å²) in [5, 5.41) is 29.5. The largest absolute Gasteiger partial charge is 0.508 e. The number of benzene rings is 5. The number of alkyl halides is 3. The molecular weight excluding hydrogens is 894 g/mol. The van der Waals surface area contributed by atoms with Crippen LogP contribution in [0.3, 0.4) is 0 Å². The number of piperidine rings is 1. The molecule has 1 atom stereocenters. The molecule has 0 spiro atoms. The number of carbonyl (C=O) groups is 4. The Bertz CT molecular complexity index is 3160. The number of amides is 4. The molecule has 9 rings (SSSR count). The van der Waals surface area contributed by atoms with Gasteiger partial charge in [0.25, 0.3) is 5.91 Å². The molecule has 2 bridgehead atoms. The summed E-state index contributed by atoms with van der Waals surface area (Å²) in [6, 6.07) is 27.9. The van der Waals surface area contributed by atoms with Crippen LogP contribution in [0.25, 0.3) is 44.7 Å². The third-order valence-corrected chi connectivity index (χ3v) is 12.4. The lowest BCUT2D eigenvalue weighted by Crippen LogP contribution is -2.56. The minimum absolute atomic E-state index is 0.0730. The van der Waals surface area contributed by atoms with E-state index >= 15 is 0 Å². The molecule has 4 amide bonds. The number of pyridine rings is 1. The first-order chi connectivity index (χ1) is 33.2. The second kappa shape index (κ2) is 19.2. The SMILES string of the molecule is O=C(CCCCCNC(=O)c1ccc(-c2c3ccc(=O)cc-3oc3cc(O)ccc23)c(C(=O)O)c1)NCc1ccc(NC(=O)N2c3nc(-c4cccc(C(F)(F)F)c4)ccc3N3CCC[C@@H]2C3)cc1. The lowest BCUT2D eigenvalue weighted by molar-refractivity contribution is -0.137. The van der Waals surface area contributed by atoms with Crippen molar-refractivity contribution in [1.82, 2.24) is 15.6 Å². The number of aromatic hydroxyl groups is 1. The van der Waals surface area contributed by atoms with Crippen LogP contribution in [0, 0.1) is 0 Å². The Kier molecular flexibility index (Phi) is 12.8. The molecule has 69 heavy (non-hydrogen) atoms. The van der Waals surface area contributed by atoms with Crippen LogP contribution in [0.5, 0.6) is 5.75 Å². The number of nitrogens with zero attached hydrogens (tertiary/aromatic N) is 3. The summed E-state index contributed by atoms with van der Waals surface area (Å²) in [7, 11) is 0. The Morgan fingerprint density at radius 2 is 1.65 bits per heavy atom. The maximum absolute atomic E-state index is 13.9. The highest BCUT2D eigenvalue weighted by molar-refractivity contribution is 6.09. The van der Waals surface area contributed by atoms with Crippen molar-refractivity contribution >= 4 is 52.0 Å². The van der Waals surface area contributed by atoms with Crippen LogP contribution in [0.1, 0.15) is 70.4 Å². The summed E-state index contributed by atoms with van der Waals surface area (Å²) in [4.78, 5) is 73.0. The van der Waals surface area contributed by atoms with Gasteiger partial charge in [0.2, 0.25) is 5.91 Å². The fourth-order valence-electron chi connectivity index (χ4n) is 9.00. The number of carboxylic acid groups (broad SMARTS) is 1. The van der Waals surface area contributed by atoms with Crippen molar-refractivity contribution in [2.75, 3.05) is 34.8 Å². The Labute approximate surface area is 392 Å². The van der Waals surface area contributed by atoms with Crippen LogP contribution in [0.15, 0.2) is 124 Å². The van der Waals surface area contributed by atoms with Crippen molar-refractivity contribution < 1.29 is 47.0 Å². The van der Waals surface area contributed by atoms with Crippen molar-refractivity contribution in [2.45, 2.75) is 57.3 Å². The predicted octanol–water partition coefficient (Wildman–Crippen LogP) is 9.68. The zero-order chi connectivity index (χ0) is 48.4. The first-order valence-corrected chi connectivity index (χ1v) is 22.4. The molecule has 0 radical (unpaired) electrons. The molecule has 5 aromatic rings.